The Morgan fingerprint density at radius 2 is 0.569 bits per heavy atom. The van der Waals surface area contributed by atoms with E-state index in [0.29, 0.717) is 0 Å². The molecule has 3 aliphatic rings. The average molecular weight is 752 g/mol. The maximum absolute atomic E-state index is 7.50. The zero-order chi connectivity index (χ0) is 33.9. The smallest absolute Gasteiger partial charge is 2.00 e. The van der Waals surface area contributed by atoms with Gasteiger partial charge in [0.2, 0.25) is 0 Å². The summed E-state index contributed by atoms with van der Waals surface area (Å²) < 4.78 is 7.50. The molecule has 0 radical (unpaired) electrons. The quantitative estimate of drug-likeness (QED) is 0.0844. The standard InChI is InChI=1S/C44H38N4.CO.Ru/c1-5-13-29(14-6-1)41-33-21-23-35(45-33)42(30-15-7-2-8-16-30)37-25-27-39(47-37)44(32-19-11-4-12-20-32)40-28-26-38(48-40)43(31-17-9-3-10-18-31)36-24-22-34(41)46-36;1-2;/h1-28,33,35,38,40-45,48H;;/q-2;;+2. The van der Waals surface area contributed by atoms with Crippen molar-refractivity contribution in [3.8, 4) is 0 Å². The number of hydrogen-bond acceptors (Lipinski definition) is 2. The van der Waals surface area contributed by atoms with E-state index < -0.39 is 0 Å². The Hall–Kier alpha value is -4.80. The molecule has 3 aliphatic heterocycles. The third kappa shape index (κ3) is 6.82. The van der Waals surface area contributed by atoms with Crippen LogP contribution in [0.15, 0.2) is 170 Å². The van der Waals surface area contributed by atoms with Crippen LogP contribution in [-0.4, -0.2) is 24.2 Å². The molecule has 5 heterocycles. The van der Waals surface area contributed by atoms with Gasteiger partial charge in [0.25, 0.3) is 0 Å². The van der Waals surface area contributed by atoms with Crippen LogP contribution in [0.4, 0.5) is 0 Å². The van der Waals surface area contributed by atoms with Gasteiger partial charge in [0, 0.05) is 47.8 Å². The van der Waals surface area contributed by atoms with E-state index in [1.807, 2.05) is 0 Å². The van der Waals surface area contributed by atoms with E-state index in [2.05, 4.69) is 187 Å². The third-order valence-corrected chi connectivity index (χ3v) is 10.5. The number of nitrogens with zero attached hydrogens (tertiary/aromatic N) is 2. The molecule has 9 rings (SSSR count). The van der Waals surface area contributed by atoms with Gasteiger partial charge in [0.05, 0.1) is 0 Å². The van der Waals surface area contributed by atoms with Crippen molar-refractivity contribution in [2.24, 2.45) is 0 Å². The molecule has 0 fully saturated rings. The second kappa shape index (κ2) is 15.6. The summed E-state index contributed by atoms with van der Waals surface area (Å²) in [6, 6.07) is 52.7. The van der Waals surface area contributed by atoms with Gasteiger partial charge < -0.3 is 20.6 Å². The van der Waals surface area contributed by atoms with Gasteiger partial charge in [0.15, 0.2) is 0 Å². The predicted octanol–water partition coefficient (Wildman–Crippen LogP) is 7.60. The van der Waals surface area contributed by atoms with Crippen LogP contribution in [0.5, 0.6) is 0 Å². The fourth-order valence-corrected chi connectivity index (χ4v) is 8.35. The fourth-order valence-electron chi connectivity index (χ4n) is 8.35. The Bertz CT molecular complexity index is 1800. The van der Waals surface area contributed by atoms with Gasteiger partial charge in [-0.3, -0.25) is 0 Å². The van der Waals surface area contributed by atoms with Gasteiger partial charge in [0.1, 0.15) is 0 Å². The Balaban J connectivity index is 0.00000133. The van der Waals surface area contributed by atoms with Gasteiger partial charge in [-0.05, 0) is 22.3 Å². The van der Waals surface area contributed by atoms with Crippen molar-refractivity contribution in [1.82, 2.24) is 20.6 Å². The van der Waals surface area contributed by atoms with Crippen LogP contribution in [0.25, 0.3) is 0 Å². The van der Waals surface area contributed by atoms with Crippen LogP contribution >= 0.6 is 0 Å². The van der Waals surface area contributed by atoms with Crippen molar-refractivity contribution < 1.29 is 24.1 Å². The molecular weight excluding hydrogens is 714 g/mol. The van der Waals surface area contributed by atoms with E-state index in [1.54, 1.807) is 0 Å². The van der Waals surface area contributed by atoms with Crippen LogP contribution in [0, 0.1) is 6.65 Å². The average Bonchev–Trinajstić information content (AvgIpc) is 4.02. The first-order chi connectivity index (χ1) is 24.8. The van der Waals surface area contributed by atoms with E-state index in [-0.39, 0.29) is 67.3 Å². The van der Waals surface area contributed by atoms with Crippen LogP contribution in [0.3, 0.4) is 0 Å². The minimum Gasteiger partial charge on any atom is 2.00 e. The molecule has 0 saturated heterocycles. The van der Waals surface area contributed by atoms with E-state index in [0.717, 1.165) is 22.8 Å². The van der Waals surface area contributed by atoms with Crippen molar-refractivity contribution in [3.05, 3.63) is 222 Å². The molecule has 0 saturated carbocycles. The molecular formula is C45H38N4ORu. The SMILES string of the molecule is C1=CC2NC1C(c1ccccc1)c1ccc([n-]1)C(c1ccccc1)C1C=CC(N1)C(c1ccccc1)c1ccc([n-]1)C2c1ccccc1.[C-]#[O+].[Ru+2]. The summed E-state index contributed by atoms with van der Waals surface area (Å²) in [4.78, 5) is 11.0. The third-order valence-electron chi connectivity index (χ3n) is 10.5. The Kier molecular flexibility index (Phi) is 10.6. The molecule has 2 N–H and O–H groups in total. The largest absolute Gasteiger partial charge is 2.00 e. The zero-order valence-electron chi connectivity index (χ0n) is 27.9. The summed E-state index contributed by atoms with van der Waals surface area (Å²) in [5.74, 6) is 0.250. The Morgan fingerprint density at radius 1 is 0.353 bits per heavy atom. The first-order valence-electron chi connectivity index (χ1n) is 17.4. The van der Waals surface area contributed by atoms with Crippen molar-refractivity contribution in [2.75, 3.05) is 0 Å². The van der Waals surface area contributed by atoms with Gasteiger partial charge >= 0.3 is 30.8 Å². The molecule has 6 aromatic rings. The molecule has 4 aromatic carbocycles. The van der Waals surface area contributed by atoms with Gasteiger partial charge in [-0.1, -0.05) is 170 Å². The van der Waals surface area contributed by atoms with E-state index in [1.165, 1.54) is 22.3 Å². The maximum Gasteiger partial charge on any atom is 2.00 e. The summed E-state index contributed by atoms with van der Waals surface area (Å²) in [7, 11) is 0. The maximum atomic E-state index is 7.50. The summed E-state index contributed by atoms with van der Waals surface area (Å²) in [5.41, 5.74) is 9.42. The minimum absolute atomic E-state index is 0. The molecule has 8 bridgehead atoms. The second-order valence-corrected chi connectivity index (χ2v) is 13.3. The molecule has 2 aromatic heterocycles. The number of hydrogen-bond donors (Lipinski definition) is 2. The number of nitrogens with one attached hydrogen (secondary N) is 2. The molecule has 0 amide bonds. The van der Waals surface area contributed by atoms with E-state index in [9.17, 15) is 0 Å². The zero-order valence-corrected chi connectivity index (χ0v) is 29.7. The molecule has 51 heavy (non-hydrogen) atoms. The van der Waals surface area contributed by atoms with Crippen molar-refractivity contribution in [1.29, 1.82) is 0 Å². The number of benzene rings is 4. The summed E-state index contributed by atoms with van der Waals surface area (Å²) >= 11 is 0. The molecule has 5 nitrogen and oxygen atoms in total. The summed E-state index contributed by atoms with van der Waals surface area (Å²) in [5, 5.41) is 8.13. The summed E-state index contributed by atoms with van der Waals surface area (Å²) in [6.07, 6.45) is 9.45. The van der Waals surface area contributed by atoms with Crippen LogP contribution < -0.4 is 20.6 Å². The fraction of sp³-hybridized carbons (Fsp3) is 0.178. The summed E-state index contributed by atoms with van der Waals surface area (Å²) in [6.45, 7) is 4.50. The molecule has 0 aliphatic carbocycles. The topological polar surface area (TPSA) is 72.2 Å². The Labute approximate surface area is 312 Å². The number of fused-ring (bicyclic) bond motifs is 8. The van der Waals surface area contributed by atoms with E-state index in [4.69, 9.17) is 14.6 Å². The van der Waals surface area contributed by atoms with Crippen LogP contribution in [0.1, 0.15) is 68.7 Å². The number of rotatable bonds is 4. The monoisotopic (exact) mass is 752 g/mol. The first-order valence-corrected chi connectivity index (χ1v) is 17.4. The second-order valence-electron chi connectivity index (χ2n) is 13.3. The van der Waals surface area contributed by atoms with Crippen LogP contribution in [-0.2, 0) is 24.1 Å². The van der Waals surface area contributed by atoms with Crippen LogP contribution in [0.2, 0.25) is 0 Å². The van der Waals surface area contributed by atoms with E-state index >= 15 is 0 Å². The Morgan fingerprint density at radius 3 is 0.784 bits per heavy atom. The van der Waals surface area contributed by atoms with Crippen molar-refractivity contribution in [2.45, 2.75) is 47.8 Å². The molecule has 6 heteroatoms. The number of aromatic nitrogens is 2. The molecule has 8 atom stereocenters. The van der Waals surface area contributed by atoms with Crippen molar-refractivity contribution in [3.63, 3.8) is 0 Å². The first kappa shape index (κ1) is 34.6. The predicted molar refractivity (Wildman–Crippen MR) is 196 cm³/mol. The van der Waals surface area contributed by atoms with Gasteiger partial charge in [-0.25, -0.2) is 0 Å². The molecule has 252 valence electrons. The normalized spacial score (nSPS) is 26.1. The molecule has 0 spiro atoms. The van der Waals surface area contributed by atoms with Gasteiger partial charge in [-0.2, -0.15) is 22.8 Å². The molecule has 8 unspecified atom stereocenters. The minimum atomic E-state index is 0. The van der Waals surface area contributed by atoms with Gasteiger partial charge in [-0.15, -0.1) is 0 Å². The van der Waals surface area contributed by atoms with Crippen molar-refractivity contribution >= 4 is 0 Å².